The van der Waals surface area contributed by atoms with Crippen LogP contribution in [-0.4, -0.2) is 11.1 Å². The smallest absolute Gasteiger partial charge is 0.119 e. The van der Waals surface area contributed by atoms with Crippen molar-refractivity contribution < 1.29 is 5.11 Å². The van der Waals surface area contributed by atoms with Crippen molar-refractivity contribution >= 4 is 11.3 Å². The summed E-state index contributed by atoms with van der Waals surface area (Å²) >= 11 is 1.84. The van der Waals surface area contributed by atoms with Crippen molar-refractivity contribution in [2.45, 2.75) is 57.5 Å². The zero-order valence-corrected chi connectivity index (χ0v) is 14.2. The Balaban J connectivity index is 1.78. The number of hydrogen-bond donors (Lipinski definition) is 2. The molecule has 0 saturated carbocycles. The minimum Gasteiger partial charge on any atom is -0.508 e. The standard InChI is InChI=1S/C19H25NOS/c1-3-11-19(2,18-8-5-12-22-18)20-15-9-10-16-14(13-15)6-4-7-17(16)21/h4-8,12,15,20-21H,3,9-11,13H2,1-2H3. The normalized spacial score (nSPS) is 20.4. The highest BCUT2D eigenvalue weighted by atomic mass is 32.1. The van der Waals surface area contributed by atoms with Gasteiger partial charge in [-0.3, -0.25) is 0 Å². The molecule has 0 saturated heterocycles. The highest BCUT2D eigenvalue weighted by molar-refractivity contribution is 7.10. The fourth-order valence-corrected chi connectivity index (χ4v) is 4.60. The summed E-state index contributed by atoms with van der Waals surface area (Å²) in [5.74, 6) is 0.463. The van der Waals surface area contributed by atoms with E-state index in [0.717, 1.165) is 31.2 Å². The van der Waals surface area contributed by atoms with Crippen molar-refractivity contribution in [1.82, 2.24) is 5.32 Å². The third kappa shape index (κ3) is 3.06. The SMILES string of the molecule is CCCC(C)(NC1CCc2c(O)cccc2C1)c1cccs1. The highest BCUT2D eigenvalue weighted by Crippen LogP contribution is 2.34. The molecule has 22 heavy (non-hydrogen) atoms. The number of nitrogens with one attached hydrogen (secondary N) is 1. The van der Waals surface area contributed by atoms with Crippen LogP contribution in [0.4, 0.5) is 0 Å². The van der Waals surface area contributed by atoms with Crippen molar-refractivity contribution in [1.29, 1.82) is 0 Å². The van der Waals surface area contributed by atoms with E-state index < -0.39 is 0 Å². The number of phenolic OH excluding ortho intramolecular Hbond substituents is 1. The lowest BCUT2D eigenvalue weighted by atomic mass is 9.85. The molecular weight excluding hydrogens is 290 g/mol. The molecule has 1 aliphatic rings. The summed E-state index contributed by atoms with van der Waals surface area (Å²) in [6.45, 7) is 4.59. The Kier molecular flexibility index (Phi) is 4.55. The maximum Gasteiger partial charge on any atom is 0.119 e. The molecule has 2 atom stereocenters. The number of phenols is 1. The first-order valence-corrected chi connectivity index (χ1v) is 9.12. The molecule has 1 heterocycles. The zero-order valence-electron chi connectivity index (χ0n) is 13.4. The lowest BCUT2D eigenvalue weighted by Crippen LogP contribution is -2.47. The molecule has 0 fully saturated rings. The summed E-state index contributed by atoms with van der Waals surface area (Å²) in [6, 6.07) is 10.8. The van der Waals surface area contributed by atoms with Gasteiger partial charge in [-0.25, -0.2) is 0 Å². The molecule has 3 heteroatoms. The third-order valence-corrected chi connectivity index (χ3v) is 5.93. The van der Waals surface area contributed by atoms with Crippen molar-refractivity contribution in [3.63, 3.8) is 0 Å². The number of thiophene rings is 1. The summed E-state index contributed by atoms with van der Waals surface area (Å²) in [6.07, 6.45) is 5.39. The molecule has 0 spiro atoms. The van der Waals surface area contributed by atoms with Gasteiger partial charge in [0.25, 0.3) is 0 Å². The molecule has 2 aromatic rings. The van der Waals surface area contributed by atoms with Crippen LogP contribution >= 0.6 is 11.3 Å². The Hall–Kier alpha value is -1.32. The molecule has 3 rings (SSSR count). The summed E-state index contributed by atoms with van der Waals surface area (Å²) in [7, 11) is 0. The Labute approximate surface area is 137 Å². The van der Waals surface area contributed by atoms with E-state index in [1.807, 2.05) is 17.4 Å². The molecule has 1 aromatic heterocycles. The first-order valence-electron chi connectivity index (χ1n) is 8.24. The Morgan fingerprint density at radius 1 is 1.32 bits per heavy atom. The summed E-state index contributed by atoms with van der Waals surface area (Å²) in [4.78, 5) is 1.43. The van der Waals surface area contributed by atoms with Gasteiger partial charge in [0.2, 0.25) is 0 Å². The van der Waals surface area contributed by atoms with Crippen LogP contribution in [0.5, 0.6) is 5.75 Å². The van der Waals surface area contributed by atoms with E-state index in [4.69, 9.17) is 0 Å². The second kappa shape index (κ2) is 6.43. The number of rotatable bonds is 5. The molecule has 1 aromatic carbocycles. The number of aromatic hydroxyl groups is 1. The summed E-state index contributed by atoms with van der Waals surface area (Å²) < 4.78 is 0. The predicted molar refractivity (Wildman–Crippen MR) is 93.6 cm³/mol. The minimum atomic E-state index is 0.0575. The van der Waals surface area contributed by atoms with Gasteiger partial charge in [-0.15, -0.1) is 11.3 Å². The van der Waals surface area contributed by atoms with Crippen molar-refractivity contribution in [2.24, 2.45) is 0 Å². The molecular formula is C19H25NOS. The topological polar surface area (TPSA) is 32.3 Å². The first-order chi connectivity index (χ1) is 10.6. The number of hydrogen-bond acceptors (Lipinski definition) is 3. The van der Waals surface area contributed by atoms with Gasteiger partial charge in [0.15, 0.2) is 0 Å². The minimum absolute atomic E-state index is 0.0575. The average Bonchev–Trinajstić information content (AvgIpc) is 3.02. The van der Waals surface area contributed by atoms with E-state index in [9.17, 15) is 5.11 Å². The fraction of sp³-hybridized carbons (Fsp3) is 0.474. The molecule has 0 aliphatic heterocycles. The van der Waals surface area contributed by atoms with Crippen molar-refractivity contribution in [3.05, 3.63) is 51.7 Å². The average molecular weight is 315 g/mol. The van der Waals surface area contributed by atoms with Crippen LogP contribution in [0.25, 0.3) is 0 Å². The highest BCUT2D eigenvalue weighted by Gasteiger charge is 2.31. The second-order valence-corrected chi connectivity index (χ2v) is 7.51. The van der Waals surface area contributed by atoms with Gasteiger partial charge in [-0.2, -0.15) is 0 Å². The van der Waals surface area contributed by atoms with Gasteiger partial charge in [-0.1, -0.05) is 31.5 Å². The quantitative estimate of drug-likeness (QED) is 0.844. The van der Waals surface area contributed by atoms with E-state index in [2.05, 4.69) is 42.7 Å². The molecule has 0 bridgehead atoms. The molecule has 0 radical (unpaired) electrons. The van der Waals surface area contributed by atoms with Gasteiger partial charge in [0.05, 0.1) is 5.54 Å². The maximum atomic E-state index is 9.99. The van der Waals surface area contributed by atoms with Crippen LogP contribution in [0.3, 0.4) is 0 Å². The summed E-state index contributed by atoms with van der Waals surface area (Å²) in [5, 5.41) is 16.1. The van der Waals surface area contributed by atoms with E-state index in [1.165, 1.54) is 16.9 Å². The molecule has 0 amide bonds. The van der Waals surface area contributed by atoms with Crippen LogP contribution < -0.4 is 5.32 Å². The number of benzene rings is 1. The molecule has 1 aliphatic carbocycles. The van der Waals surface area contributed by atoms with Crippen molar-refractivity contribution in [2.75, 3.05) is 0 Å². The van der Waals surface area contributed by atoms with Crippen LogP contribution in [-0.2, 0) is 18.4 Å². The Bertz CT molecular complexity index is 622. The van der Waals surface area contributed by atoms with Gasteiger partial charge in [-0.05, 0) is 61.2 Å². The fourth-order valence-electron chi connectivity index (χ4n) is 3.72. The van der Waals surface area contributed by atoms with Crippen LogP contribution in [0, 0.1) is 0 Å². The van der Waals surface area contributed by atoms with Crippen LogP contribution in [0.1, 0.15) is 49.1 Å². The first kappa shape index (κ1) is 15.6. The lowest BCUT2D eigenvalue weighted by Gasteiger charge is -2.37. The van der Waals surface area contributed by atoms with Crippen molar-refractivity contribution in [3.8, 4) is 5.75 Å². The molecule has 118 valence electrons. The molecule has 2 unspecified atom stereocenters. The maximum absolute atomic E-state index is 9.99. The van der Waals surface area contributed by atoms with E-state index in [0.29, 0.717) is 11.8 Å². The van der Waals surface area contributed by atoms with Crippen LogP contribution in [0.2, 0.25) is 0 Å². The van der Waals surface area contributed by atoms with Crippen LogP contribution in [0.15, 0.2) is 35.7 Å². The molecule has 2 N–H and O–H groups in total. The largest absolute Gasteiger partial charge is 0.508 e. The third-order valence-electron chi connectivity index (χ3n) is 4.80. The molecule has 2 nitrogen and oxygen atoms in total. The van der Waals surface area contributed by atoms with Gasteiger partial charge in [0.1, 0.15) is 5.75 Å². The number of fused-ring (bicyclic) bond motifs is 1. The van der Waals surface area contributed by atoms with E-state index in [1.54, 1.807) is 6.07 Å². The second-order valence-electron chi connectivity index (χ2n) is 6.56. The Morgan fingerprint density at radius 2 is 2.18 bits per heavy atom. The lowest BCUT2D eigenvalue weighted by molar-refractivity contribution is 0.279. The summed E-state index contributed by atoms with van der Waals surface area (Å²) in [5.41, 5.74) is 2.50. The van der Waals surface area contributed by atoms with Gasteiger partial charge < -0.3 is 10.4 Å². The van der Waals surface area contributed by atoms with Gasteiger partial charge in [0, 0.05) is 10.9 Å². The predicted octanol–water partition coefficient (Wildman–Crippen LogP) is 4.62. The van der Waals surface area contributed by atoms with E-state index >= 15 is 0 Å². The monoisotopic (exact) mass is 315 g/mol. The zero-order chi connectivity index (χ0) is 15.6. The van der Waals surface area contributed by atoms with Gasteiger partial charge >= 0.3 is 0 Å². The van der Waals surface area contributed by atoms with E-state index in [-0.39, 0.29) is 5.54 Å². The Morgan fingerprint density at radius 3 is 2.91 bits per heavy atom.